The van der Waals surface area contributed by atoms with Crippen molar-refractivity contribution in [2.24, 2.45) is 5.92 Å². The van der Waals surface area contributed by atoms with Crippen molar-refractivity contribution in [2.45, 2.75) is 44.8 Å². The first kappa shape index (κ1) is 15.3. The minimum Gasteiger partial charge on any atom is -0.380 e. The van der Waals surface area contributed by atoms with E-state index < -0.39 is 8.07 Å². The van der Waals surface area contributed by atoms with Gasteiger partial charge in [0.1, 0.15) is 8.07 Å². The van der Waals surface area contributed by atoms with Gasteiger partial charge in [-0.2, -0.15) is 0 Å². The molecular formula is C18H26OSi. The molecule has 1 fully saturated rings. The van der Waals surface area contributed by atoms with Crippen molar-refractivity contribution < 1.29 is 4.74 Å². The number of rotatable bonds is 6. The Balaban J connectivity index is 1.93. The van der Waals surface area contributed by atoms with Crippen molar-refractivity contribution in [2.75, 3.05) is 13.2 Å². The van der Waals surface area contributed by atoms with Crippen LogP contribution < -0.4 is 0 Å². The van der Waals surface area contributed by atoms with Crippen molar-refractivity contribution in [3.63, 3.8) is 0 Å². The first-order valence-corrected chi connectivity index (χ1v) is 11.2. The zero-order valence-corrected chi connectivity index (χ0v) is 14.0. The molecular weight excluding hydrogens is 260 g/mol. The fourth-order valence-electron chi connectivity index (χ4n) is 2.10. The average Bonchev–Trinajstić information content (AvgIpc) is 3.21. The predicted molar refractivity (Wildman–Crippen MR) is 88.5 cm³/mol. The number of ether oxygens (including phenoxy) is 1. The van der Waals surface area contributed by atoms with E-state index in [1.807, 2.05) is 0 Å². The van der Waals surface area contributed by atoms with Crippen LogP contribution in [0.15, 0.2) is 30.3 Å². The van der Waals surface area contributed by atoms with Gasteiger partial charge in [0.05, 0.1) is 6.61 Å². The maximum atomic E-state index is 5.90. The third-order valence-corrected chi connectivity index (χ3v) is 4.38. The molecule has 1 aromatic rings. The van der Waals surface area contributed by atoms with E-state index in [4.69, 9.17) is 4.74 Å². The number of benzene rings is 1. The van der Waals surface area contributed by atoms with Gasteiger partial charge in [0, 0.05) is 18.9 Å². The molecule has 1 saturated carbocycles. The average molecular weight is 286 g/mol. The third kappa shape index (κ3) is 5.94. The van der Waals surface area contributed by atoms with Crippen LogP contribution in [0.3, 0.4) is 0 Å². The Morgan fingerprint density at radius 1 is 1.20 bits per heavy atom. The third-order valence-electron chi connectivity index (χ3n) is 3.45. The van der Waals surface area contributed by atoms with Gasteiger partial charge in [0.25, 0.3) is 0 Å². The minimum absolute atomic E-state index is 0.416. The lowest BCUT2D eigenvalue weighted by Crippen LogP contribution is -2.16. The smallest absolute Gasteiger partial charge is 0.129 e. The molecule has 1 aliphatic carbocycles. The predicted octanol–water partition coefficient (Wildman–Crippen LogP) is 4.47. The van der Waals surface area contributed by atoms with Crippen LogP contribution in [-0.2, 0) is 4.74 Å². The fraction of sp³-hybridized carbons (Fsp3) is 0.556. The fourth-order valence-corrected chi connectivity index (χ4v) is 2.73. The topological polar surface area (TPSA) is 9.23 Å². The molecule has 0 bridgehead atoms. The maximum absolute atomic E-state index is 5.90. The molecule has 0 spiro atoms. The molecule has 1 atom stereocenters. The van der Waals surface area contributed by atoms with E-state index >= 15 is 0 Å². The molecule has 1 unspecified atom stereocenters. The monoisotopic (exact) mass is 286 g/mol. The van der Waals surface area contributed by atoms with Crippen LogP contribution in [0.4, 0.5) is 0 Å². The van der Waals surface area contributed by atoms with Crippen LogP contribution in [0, 0.1) is 17.4 Å². The first-order valence-electron chi connectivity index (χ1n) is 7.67. The zero-order valence-electron chi connectivity index (χ0n) is 13.0. The molecule has 0 saturated heterocycles. The molecule has 0 heterocycles. The molecule has 0 radical (unpaired) electrons. The molecule has 20 heavy (non-hydrogen) atoms. The molecule has 2 rings (SSSR count). The van der Waals surface area contributed by atoms with Crippen LogP contribution >= 0.6 is 0 Å². The second kappa shape index (κ2) is 7.11. The van der Waals surface area contributed by atoms with E-state index in [2.05, 4.69) is 61.4 Å². The molecule has 0 N–H and O–H groups in total. The van der Waals surface area contributed by atoms with Crippen LogP contribution in [0.2, 0.25) is 19.6 Å². The highest BCUT2D eigenvalue weighted by molar-refractivity contribution is 6.83. The van der Waals surface area contributed by atoms with E-state index in [1.165, 1.54) is 18.4 Å². The summed E-state index contributed by atoms with van der Waals surface area (Å²) in [7, 11) is -1.27. The summed E-state index contributed by atoms with van der Waals surface area (Å²) in [4.78, 5) is 0. The zero-order chi connectivity index (χ0) is 14.4. The Bertz CT molecular complexity index is 460. The summed E-state index contributed by atoms with van der Waals surface area (Å²) in [5, 5.41) is 0. The van der Waals surface area contributed by atoms with Crippen molar-refractivity contribution in [1.29, 1.82) is 0 Å². The van der Waals surface area contributed by atoms with E-state index in [0.29, 0.717) is 5.92 Å². The van der Waals surface area contributed by atoms with Crippen molar-refractivity contribution >= 4 is 8.07 Å². The largest absolute Gasteiger partial charge is 0.380 e. The second-order valence-electron chi connectivity index (χ2n) is 6.84. The van der Waals surface area contributed by atoms with Crippen LogP contribution in [0.25, 0.3) is 0 Å². The molecule has 1 aromatic carbocycles. The lowest BCUT2D eigenvalue weighted by molar-refractivity contribution is 0.111. The summed E-state index contributed by atoms with van der Waals surface area (Å²) in [5.41, 5.74) is 4.82. The Labute approximate surface area is 124 Å². The van der Waals surface area contributed by atoms with E-state index in [-0.39, 0.29) is 0 Å². The van der Waals surface area contributed by atoms with Gasteiger partial charge in [-0.1, -0.05) is 50.0 Å². The summed E-state index contributed by atoms with van der Waals surface area (Å²) >= 11 is 0. The minimum atomic E-state index is -1.27. The Morgan fingerprint density at radius 3 is 2.50 bits per heavy atom. The van der Waals surface area contributed by atoms with Crippen molar-refractivity contribution in [3.8, 4) is 11.5 Å². The van der Waals surface area contributed by atoms with Crippen LogP contribution in [-0.4, -0.2) is 21.3 Å². The van der Waals surface area contributed by atoms with Gasteiger partial charge in [-0.3, -0.25) is 0 Å². The van der Waals surface area contributed by atoms with Crippen LogP contribution in [0.1, 0.15) is 30.7 Å². The Hall–Kier alpha value is -1.04. The van der Waals surface area contributed by atoms with Gasteiger partial charge in [0.15, 0.2) is 0 Å². The summed E-state index contributed by atoms with van der Waals surface area (Å²) < 4.78 is 5.90. The highest BCUT2D eigenvalue weighted by atomic mass is 28.3. The maximum Gasteiger partial charge on any atom is 0.129 e. The van der Waals surface area contributed by atoms with Crippen molar-refractivity contribution in [1.82, 2.24) is 0 Å². The summed E-state index contributed by atoms with van der Waals surface area (Å²) in [5.74, 6) is 4.66. The van der Waals surface area contributed by atoms with E-state index in [1.54, 1.807) is 0 Å². The molecule has 1 aliphatic rings. The summed E-state index contributed by atoms with van der Waals surface area (Å²) in [6.07, 6.45) is 3.62. The lowest BCUT2D eigenvalue weighted by Gasteiger charge is -2.15. The molecule has 108 valence electrons. The number of hydrogen-bond donors (Lipinski definition) is 0. The van der Waals surface area contributed by atoms with Gasteiger partial charge in [0.2, 0.25) is 0 Å². The SMILES string of the molecule is C[Si](C)(C)C#CCC(COCC1CC1)c1ccccc1. The van der Waals surface area contributed by atoms with E-state index in [0.717, 1.165) is 25.6 Å². The normalized spacial score (nSPS) is 16.4. The quantitative estimate of drug-likeness (QED) is 0.554. The van der Waals surface area contributed by atoms with Gasteiger partial charge in [-0.25, -0.2) is 0 Å². The highest BCUT2D eigenvalue weighted by Gasteiger charge is 2.22. The summed E-state index contributed by atoms with van der Waals surface area (Å²) in [6.45, 7) is 8.62. The molecule has 1 nitrogen and oxygen atoms in total. The van der Waals surface area contributed by atoms with Gasteiger partial charge < -0.3 is 4.74 Å². The highest BCUT2D eigenvalue weighted by Crippen LogP contribution is 2.29. The van der Waals surface area contributed by atoms with Gasteiger partial charge in [-0.05, 0) is 24.3 Å². The molecule has 2 heteroatoms. The second-order valence-corrected chi connectivity index (χ2v) is 11.6. The standard InChI is InChI=1S/C18H26OSi/c1-20(2,3)13-7-10-18(15-19-14-16-11-12-16)17-8-5-4-6-9-17/h4-6,8-9,16,18H,10-12,14-15H2,1-3H3. The van der Waals surface area contributed by atoms with Crippen LogP contribution in [0.5, 0.6) is 0 Å². The Morgan fingerprint density at radius 2 is 1.90 bits per heavy atom. The molecule has 0 aliphatic heterocycles. The van der Waals surface area contributed by atoms with E-state index in [9.17, 15) is 0 Å². The van der Waals surface area contributed by atoms with Crippen molar-refractivity contribution in [3.05, 3.63) is 35.9 Å². The van der Waals surface area contributed by atoms with Gasteiger partial charge >= 0.3 is 0 Å². The Kier molecular flexibility index (Phi) is 5.45. The van der Waals surface area contributed by atoms with Gasteiger partial charge in [-0.15, -0.1) is 11.5 Å². The molecule has 0 amide bonds. The number of hydrogen-bond acceptors (Lipinski definition) is 1. The summed E-state index contributed by atoms with van der Waals surface area (Å²) in [6, 6.07) is 10.7. The first-order chi connectivity index (χ1) is 9.54. The molecule has 0 aromatic heterocycles. The lowest BCUT2D eigenvalue weighted by atomic mass is 9.97.